The number of urea groups is 1. The molecule has 0 saturated carbocycles. The molecule has 0 bridgehead atoms. The highest BCUT2D eigenvalue weighted by Gasteiger charge is 2.48. The number of likely N-dealkylation sites (tertiary alicyclic amines) is 1. The SMILES string of the molecule is CC(C)C(CNC(=O)NCCN1CC2(COC2)C1)c1ccccc1. The van der Waals surface area contributed by atoms with Crippen molar-refractivity contribution in [2.45, 2.75) is 19.8 Å². The Bertz CT molecular complexity index is 535. The van der Waals surface area contributed by atoms with E-state index in [-0.39, 0.29) is 6.03 Å². The second-order valence-corrected chi connectivity index (χ2v) is 7.60. The van der Waals surface area contributed by atoms with E-state index in [0.29, 0.717) is 30.3 Å². The van der Waals surface area contributed by atoms with Crippen LogP contribution in [0, 0.1) is 11.3 Å². The molecular weight excluding hydrogens is 302 g/mol. The summed E-state index contributed by atoms with van der Waals surface area (Å²) in [6.45, 7) is 10.7. The van der Waals surface area contributed by atoms with Crippen molar-refractivity contribution in [1.29, 1.82) is 0 Å². The largest absolute Gasteiger partial charge is 0.380 e. The summed E-state index contributed by atoms with van der Waals surface area (Å²) in [7, 11) is 0. The van der Waals surface area contributed by atoms with Crippen LogP contribution in [0.15, 0.2) is 30.3 Å². The van der Waals surface area contributed by atoms with Crippen molar-refractivity contribution in [2.24, 2.45) is 11.3 Å². The highest BCUT2D eigenvalue weighted by molar-refractivity contribution is 5.73. The second-order valence-electron chi connectivity index (χ2n) is 7.60. The molecule has 132 valence electrons. The van der Waals surface area contributed by atoms with Crippen LogP contribution in [-0.2, 0) is 4.74 Å². The molecule has 0 aromatic heterocycles. The summed E-state index contributed by atoms with van der Waals surface area (Å²) in [4.78, 5) is 14.4. The highest BCUT2D eigenvalue weighted by Crippen LogP contribution is 2.36. The third-order valence-electron chi connectivity index (χ3n) is 5.16. The van der Waals surface area contributed by atoms with Gasteiger partial charge in [0.05, 0.1) is 13.2 Å². The molecule has 2 amide bonds. The number of rotatable bonds is 7. The Balaban J connectivity index is 1.34. The summed E-state index contributed by atoms with van der Waals surface area (Å²) in [5, 5.41) is 5.99. The number of nitrogens with one attached hydrogen (secondary N) is 2. The van der Waals surface area contributed by atoms with Gasteiger partial charge in [0.25, 0.3) is 0 Å². The lowest BCUT2D eigenvalue weighted by molar-refractivity contribution is -0.188. The number of ether oxygens (including phenoxy) is 1. The maximum absolute atomic E-state index is 12.0. The number of hydrogen-bond acceptors (Lipinski definition) is 3. The van der Waals surface area contributed by atoms with Gasteiger partial charge in [-0.2, -0.15) is 0 Å². The van der Waals surface area contributed by atoms with Crippen LogP contribution in [0.2, 0.25) is 0 Å². The first-order chi connectivity index (χ1) is 11.6. The summed E-state index contributed by atoms with van der Waals surface area (Å²) < 4.78 is 5.27. The number of amides is 2. The van der Waals surface area contributed by atoms with Crippen LogP contribution < -0.4 is 10.6 Å². The maximum Gasteiger partial charge on any atom is 0.314 e. The van der Waals surface area contributed by atoms with Crippen LogP contribution in [0.3, 0.4) is 0 Å². The molecule has 3 rings (SSSR count). The van der Waals surface area contributed by atoms with Gasteiger partial charge in [-0.1, -0.05) is 44.2 Å². The van der Waals surface area contributed by atoms with Crippen molar-refractivity contribution < 1.29 is 9.53 Å². The molecule has 2 saturated heterocycles. The predicted molar refractivity (Wildman–Crippen MR) is 95.1 cm³/mol. The average Bonchev–Trinajstić information content (AvgIpc) is 2.48. The number of nitrogens with zero attached hydrogens (tertiary/aromatic N) is 1. The van der Waals surface area contributed by atoms with E-state index in [1.807, 2.05) is 6.07 Å². The molecule has 2 aliphatic rings. The first-order valence-electron chi connectivity index (χ1n) is 8.95. The molecule has 24 heavy (non-hydrogen) atoms. The molecule has 1 unspecified atom stereocenters. The third kappa shape index (κ3) is 4.08. The van der Waals surface area contributed by atoms with E-state index in [1.54, 1.807) is 0 Å². The molecule has 1 spiro atoms. The van der Waals surface area contributed by atoms with E-state index in [1.165, 1.54) is 5.56 Å². The van der Waals surface area contributed by atoms with Gasteiger partial charge in [0.2, 0.25) is 0 Å². The highest BCUT2D eigenvalue weighted by atomic mass is 16.5. The van der Waals surface area contributed by atoms with Gasteiger partial charge in [-0.3, -0.25) is 0 Å². The predicted octanol–water partition coefficient (Wildman–Crippen LogP) is 2.06. The number of hydrogen-bond donors (Lipinski definition) is 2. The normalized spacial score (nSPS) is 20.3. The summed E-state index contributed by atoms with van der Waals surface area (Å²) in [5.41, 5.74) is 1.73. The first-order valence-corrected chi connectivity index (χ1v) is 8.95. The monoisotopic (exact) mass is 331 g/mol. The Morgan fingerprint density at radius 1 is 1.21 bits per heavy atom. The average molecular weight is 331 g/mol. The van der Waals surface area contributed by atoms with Crippen LogP contribution >= 0.6 is 0 Å². The molecule has 5 nitrogen and oxygen atoms in total. The minimum Gasteiger partial charge on any atom is -0.380 e. The lowest BCUT2D eigenvalue weighted by Gasteiger charge is -2.55. The molecule has 1 atom stereocenters. The Kier molecular flexibility index (Phi) is 5.41. The second kappa shape index (κ2) is 7.53. The lowest BCUT2D eigenvalue weighted by Crippen LogP contribution is -2.66. The van der Waals surface area contributed by atoms with Crippen LogP contribution in [0.25, 0.3) is 0 Å². The summed E-state index contributed by atoms with van der Waals surface area (Å²) in [5.74, 6) is 0.820. The fourth-order valence-corrected chi connectivity index (χ4v) is 3.67. The molecule has 5 heteroatoms. The minimum absolute atomic E-state index is 0.0706. The zero-order valence-corrected chi connectivity index (χ0v) is 14.8. The van der Waals surface area contributed by atoms with Crippen molar-refractivity contribution >= 4 is 6.03 Å². The Morgan fingerprint density at radius 3 is 2.50 bits per heavy atom. The molecular formula is C19H29N3O2. The van der Waals surface area contributed by atoms with Gasteiger partial charge < -0.3 is 20.3 Å². The lowest BCUT2D eigenvalue weighted by atomic mass is 9.78. The Labute approximate surface area is 144 Å². The van der Waals surface area contributed by atoms with E-state index < -0.39 is 0 Å². The zero-order chi connectivity index (χ0) is 17.0. The fraction of sp³-hybridized carbons (Fsp3) is 0.632. The number of carbonyl (C=O) groups excluding carboxylic acids is 1. The van der Waals surface area contributed by atoms with Gasteiger partial charge >= 0.3 is 6.03 Å². The van der Waals surface area contributed by atoms with Crippen molar-refractivity contribution in [3.05, 3.63) is 35.9 Å². The molecule has 0 aliphatic carbocycles. The van der Waals surface area contributed by atoms with Gasteiger partial charge in [-0.25, -0.2) is 4.79 Å². The van der Waals surface area contributed by atoms with Crippen LogP contribution in [-0.4, -0.2) is 56.9 Å². The Hall–Kier alpha value is -1.59. The molecule has 2 fully saturated rings. The molecule has 2 N–H and O–H groups in total. The summed E-state index contributed by atoms with van der Waals surface area (Å²) in [6.07, 6.45) is 0. The standard InChI is InChI=1S/C19H29N3O2/c1-15(2)17(16-6-4-3-5-7-16)10-21-18(23)20-8-9-22-11-19(12-22)13-24-14-19/h3-7,15,17H,8-14H2,1-2H3,(H2,20,21,23). The molecule has 0 radical (unpaired) electrons. The molecule has 2 aliphatic heterocycles. The van der Waals surface area contributed by atoms with E-state index in [4.69, 9.17) is 4.74 Å². The quantitative estimate of drug-likeness (QED) is 0.804. The van der Waals surface area contributed by atoms with Gasteiger partial charge in [0.15, 0.2) is 0 Å². The van der Waals surface area contributed by atoms with Crippen molar-refractivity contribution in [1.82, 2.24) is 15.5 Å². The summed E-state index contributed by atoms with van der Waals surface area (Å²) >= 11 is 0. The first kappa shape index (κ1) is 17.2. The van der Waals surface area contributed by atoms with Gasteiger partial charge in [0, 0.05) is 44.1 Å². The minimum atomic E-state index is -0.0706. The van der Waals surface area contributed by atoms with E-state index in [9.17, 15) is 4.79 Å². The third-order valence-corrected chi connectivity index (χ3v) is 5.16. The van der Waals surface area contributed by atoms with E-state index in [0.717, 1.165) is 32.8 Å². The number of carbonyl (C=O) groups is 1. The van der Waals surface area contributed by atoms with Crippen LogP contribution in [0.4, 0.5) is 4.79 Å². The smallest absolute Gasteiger partial charge is 0.314 e. The van der Waals surface area contributed by atoms with Crippen molar-refractivity contribution in [3.63, 3.8) is 0 Å². The fourth-order valence-electron chi connectivity index (χ4n) is 3.67. The van der Waals surface area contributed by atoms with Gasteiger partial charge in [-0.15, -0.1) is 0 Å². The van der Waals surface area contributed by atoms with Gasteiger partial charge in [-0.05, 0) is 11.5 Å². The molecule has 1 aromatic rings. The molecule has 1 aromatic carbocycles. The van der Waals surface area contributed by atoms with Crippen molar-refractivity contribution in [3.8, 4) is 0 Å². The maximum atomic E-state index is 12.0. The van der Waals surface area contributed by atoms with Crippen LogP contribution in [0.1, 0.15) is 25.3 Å². The topological polar surface area (TPSA) is 53.6 Å². The van der Waals surface area contributed by atoms with Gasteiger partial charge in [0.1, 0.15) is 0 Å². The van der Waals surface area contributed by atoms with Crippen molar-refractivity contribution in [2.75, 3.05) is 45.9 Å². The van der Waals surface area contributed by atoms with E-state index in [2.05, 4.69) is 53.6 Å². The molecule has 2 heterocycles. The summed E-state index contributed by atoms with van der Waals surface area (Å²) in [6, 6.07) is 10.3. The van der Waals surface area contributed by atoms with Crippen LogP contribution in [0.5, 0.6) is 0 Å². The van der Waals surface area contributed by atoms with E-state index >= 15 is 0 Å². The zero-order valence-electron chi connectivity index (χ0n) is 14.8. The Morgan fingerprint density at radius 2 is 1.92 bits per heavy atom. The number of benzene rings is 1.